The lowest BCUT2D eigenvalue weighted by Crippen LogP contribution is -2.02. The number of rotatable bonds is 5. The lowest BCUT2D eigenvalue weighted by Gasteiger charge is -2.04. The largest absolute Gasteiger partial charge is 0.477 e. The molecule has 0 atom stereocenters. The van der Waals surface area contributed by atoms with E-state index in [2.05, 4.69) is 16.4 Å². The van der Waals surface area contributed by atoms with E-state index in [0.29, 0.717) is 19.0 Å². The summed E-state index contributed by atoms with van der Waals surface area (Å²) in [5.74, 6) is 0.661. The Morgan fingerprint density at radius 3 is 2.88 bits per heavy atom. The van der Waals surface area contributed by atoms with Gasteiger partial charge in [0.1, 0.15) is 0 Å². The normalized spacial score (nSPS) is 10.3. The van der Waals surface area contributed by atoms with Gasteiger partial charge in [0.2, 0.25) is 5.88 Å². The van der Waals surface area contributed by atoms with Crippen LogP contribution in [-0.4, -0.2) is 11.6 Å². The van der Waals surface area contributed by atoms with Crippen molar-refractivity contribution < 1.29 is 4.74 Å². The molecule has 2 N–H and O–H groups in total. The molecule has 0 aliphatic heterocycles. The number of nitrogens with two attached hydrogens (primary N) is 1. The molecule has 0 aliphatic rings. The summed E-state index contributed by atoms with van der Waals surface area (Å²) in [7, 11) is 0. The SMILES string of the molecule is NCc1ccc(OCCc2cccs2)nc1. The Balaban J connectivity index is 1.81. The molecular formula is C12H14N2OS. The molecule has 2 rings (SSSR count). The molecule has 0 saturated carbocycles. The van der Waals surface area contributed by atoms with Crippen LogP contribution in [0.3, 0.4) is 0 Å². The molecular weight excluding hydrogens is 220 g/mol. The average molecular weight is 234 g/mol. The van der Waals surface area contributed by atoms with Gasteiger partial charge in [-0.15, -0.1) is 11.3 Å². The molecule has 3 nitrogen and oxygen atoms in total. The second-order valence-corrected chi connectivity index (χ2v) is 4.42. The summed E-state index contributed by atoms with van der Waals surface area (Å²) >= 11 is 1.75. The lowest BCUT2D eigenvalue weighted by atomic mass is 10.3. The third kappa shape index (κ3) is 3.05. The van der Waals surface area contributed by atoms with E-state index in [4.69, 9.17) is 10.5 Å². The van der Waals surface area contributed by atoms with Crippen LogP contribution in [-0.2, 0) is 13.0 Å². The van der Waals surface area contributed by atoms with Gasteiger partial charge in [0.15, 0.2) is 0 Å². The van der Waals surface area contributed by atoms with Crippen molar-refractivity contribution in [3.05, 3.63) is 46.3 Å². The summed E-state index contributed by atoms with van der Waals surface area (Å²) in [6.07, 6.45) is 2.68. The molecule has 2 aromatic rings. The molecule has 84 valence electrons. The van der Waals surface area contributed by atoms with Crippen LogP contribution in [0.25, 0.3) is 0 Å². The average Bonchev–Trinajstić information content (AvgIpc) is 2.83. The summed E-state index contributed by atoms with van der Waals surface area (Å²) in [4.78, 5) is 5.50. The Labute approximate surface area is 98.9 Å². The Morgan fingerprint density at radius 1 is 1.31 bits per heavy atom. The van der Waals surface area contributed by atoms with Crippen molar-refractivity contribution in [1.29, 1.82) is 0 Å². The van der Waals surface area contributed by atoms with E-state index in [1.807, 2.05) is 18.2 Å². The highest BCUT2D eigenvalue weighted by molar-refractivity contribution is 7.09. The van der Waals surface area contributed by atoms with Crippen LogP contribution in [0.1, 0.15) is 10.4 Å². The third-order valence-electron chi connectivity index (χ3n) is 2.21. The first kappa shape index (κ1) is 11.1. The van der Waals surface area contributed by atoms with Crippen LogP contribution in [0.2, 0.25) is 0 Å². The van der Waals surface area contributed by atoms with E-state index >= 15 is 0 Å². The van der Waals surface area contributed by atoms with Crippen molar-refractivity contribution >= 4 is 11.3 Å². The third-order valence-corrected chi connectivity index (χ3v) is 3.15. The van der Waals surface area contributed by atoms with Crippen LogP contribution in [0.4, 0.5) is 0 Å². The molecule has 0 amide bonds. The van der Waals surface area contributed by atoms with E-state index in [9.17, 15) is 0 Å². The van der Waals surface area contributed by atoms with Gasteiger partial charge in [0.25, 0.3) is 0 Å². The Hall–Kier alpha value is -1.39. The van der Waals surface area contributed by atoms with Crippen LogP contribution in [0.5, 0.6) is 5.88 Å². The topological polar surface area (TPSA) is 48.1 Å². The highest BCUT2D eigenvalue weighted by Crippen LogP contribution is 2.11. The number of thiophene rings is 1. The number of aromatic nitrogens is 1. The first-order valence-corrected chi connectivity index (χ1v) is 6.06. The van der Waals surface area contributed by atoms with Gasteiger partial charge in [0.05, 0.1) is 6.61 Å². The minimum atomic E-state index is 0.516. The van der Waals surface area contributed by atoms with E-state index in [-0.39, 0.29) is 0 Å². The van der Waals surface area contributed by atoms with Crippen molar-refractivity contribution in [2.45, 2.75) is 13.0 Å². The highest BCUT2D eigenvalue weighted by atomic mass is 32.1. The van der Waals surface area contributed by atoms with Crippen molar-refractivity contribution in [3.63, 3.8) is 0 Å². The van der Waals surface area contributed by atoms with Gasteiger partial charge in [-0.25, -0.2) is 4.98 Å². The maximum atomic E-state index is 5.53. The molecule has 4 heteroatoms. The molecule has 0 saturated heterocycles. The Bertz CT molecular complexity index is 411. The number of nitrogens with zero attached hydrogens (tertiary/aromatic N) is 1. The second kappa shape index (κ2) is 5.63. The standard InChI is InChI=1S/C12H14N2OS/c13-8-10-3-4-12(14-9-10)15-6-5-11-2-1-7-16-11/h1-4,7,9H,5-6,8,13H2. The maximum Gasteiger partial charge on any atom is 0.213 e. The first-order chi connectivity index (χ1) is 7.88. The van der Waals surface area contributed by atoms with Crippen molar-refractivity contribution in [1.82, 2.24) is 4.98 Å². The molecule has 0 aliphatic carbocycles. The zero-order chi connectivity index (χ0) is 11.2. The van der Waals surface area contributed by atoms with E-state index < -0.39 is 0 Å². The van der Waals surface area contributed by atoms with E-state index in [1.165, 1.54) is 4.88 Å². The zero-order valence-corrected chi connectivity index (χ0v) is 9.74. The number of hydrogen-bond acceptors (Lipinski definition) is 4. The fraction of sp³-hybridized carbons (Fsp3) is 0.250. The number of hydrogen-bond donors (Lipinski definition) is 1. The molecule has 0 unspecified atom stereocenters. The monoisotopic (exact) mass is 234 g/mol. The fourth-order valence-electron chi connectivity index (χ4n) is 1.33. The van der Waals surface area contributed by atoms with Crippen LogP contribution < -0.4 is 10.5 Å². The molecule has 2 aromatic heterocycles. The summed E-state index contributed by atoms with van der Waals surface area (Å²) in [5, 5.41) is 2.07. The minimum Gasteiger partial charge on any atom is -0.477 e. The first-order valence-electron chi connectivity index (χ1n) is 5.18. The summed E-state index contributed by atoms with van der Waals surface area (Å²) in [5.41, 5.74) is 6.50. The summed E-state index contributed by atoms with van der Waals surface area (Å²) in [6.45, 7) is 1.18. The number of ether oxygens (including phenoxy) is 1. The smallest absolute Gasteiger partial charge is 0.213 e. The van der Waals surface area contributed by atoms with Crippen molar-refractivity contribution in [3.8, 4) is 5.88 Å². The predicted octanol–water partition coefficient (Wildman–Crippen LogP) is 2.22. The van der Waals surface area contributed by atoms with E-state index in [0.717, 1.165) is 12.0 Å². The minimum absolute atomic E-state index is 0.516. The van der Waals surface area contributed by atoms with Gasteiger partial charge in [-0.3, -0.25) is 0 Å². The van der Waals surface area contributed by atoms with Crippen LogP contribution >= 0.6 is 11.3 Å². The van der Waals surface area contributed by atoms with Gasteiger partial charge >= 0.3 is 0 Å². The molecule has 0 fully saturated rings. The lowest BCUT2D eigenvalue weighted by molar-refractivity contribution is 0.310. The number of pyridine rings is 1. The van der Waals surface area contributed by atoms with Gasteiger partial charge in [0, 0.05) is 30.1 Å². The Morgan fingerprint density at radius 2 is 2.25 bits per heavy atom. The molecule has 0 spiro atoms. The second-order valence-electron chi connectivity index (χ2n) is 3.39. The molecule has 16 heavy (non-hydrogen) atoms. The fourth-order valence-corrected chi connectivity index (χ4v) is 2.02. The molecule has 0 bridgehead atoms. The van der Waals surface area contributed by atoms with Crippen molar-refractivity contribution in [2.75, 3.05) is 6.61 Å². The van der Waals surface area contributed by atoms with Gasteiger partial charge in [-0.2, -0.15) is 0 Å². The molecule has 0 radical (unpaired) electrons. The van der Waals surface area contributed by atoms with Gasteiger partial charge in [-0.05, 0) is 17.0 Å². The quantitative estimate of drug-likeness (QED) is 0.863. The van der Waals surface area contributed by atoms with Crippen LogP contribution in [0, 0.1) is 0 Å². The van der Waals surface area contributed by atoms with Crippen molar-refractivity contribution in [2.24, 2.45) is 5.73 Å². The maximum absolute atomic E-state index is 5.53. The van der Waals surface area contributed by atoms with Crippen LogP contribution in [0.15, 0.2) is 35.8 Å². The highest BCUT2D eigenvalue weighted by Gasteiger charge is 1.97. The molecule has 2 heterocycles. The van der Waals surface area contributed by atoms with Gasteiger partial charge in [-0.1, -0.05) is 12.1 Å². The Kier molecular flexibility index (Phi) is 3.91. The van der Waals surface area contributed by atoms with Gasteiger partial charge < -0.3 is 10.5 Å². The molecule has 0 aromatic carbocycles. The summed E-state index contributed by atoms with van der Waals surface area (Å²) in [6, 6.07) is 7.96. The zero-order valence-electron chi connectivity index (χ0n) is 8.93. The predicted molar refractivity (Wildman–Crippen MR) is 65.6 cm³/mol. The van der Waals surface area contributed by atoms with E-state index in [1.54, 1.807) is 17.5 Å². The summed E-state index contributed by atoms with van der Waals surface area (Å²) < 4.78 is 5.53.